The number of nitrogens with one attached hydrogen (secondary N) is 1. The van der Waals surface area contributed by atoms with Crippen molar-refractivity contribution in [3.63, 3.8) is 0 Å². The van der Waals surface area contributed by atoms with Crippen LogP contribution in [0.15, 0.2) is 34.9 Å². The summed E-state index contributed by atoms with van der Waals surface area (Å²) in [5.74, 6) is 0.187. The Labute approximate surface area is 175 Å². The molecular weight excluding hydrogens is 396 g/mol. The number of aromatic nitrogens is 1. The minimum absolute atomic E-state index is 0.243. The van der Waals surface area contributed by atoms with Crippen molar-refractivity contribution in [2.75, 3.05) is 51.3 Å². The van der Waals surface area contributed by atoms with Crippen molar-refractivity contribution in [2.24, 2.45) is 0 Å². The molecule has 158 valence electrons. The second-order valence-corrected chi connectivity index (χ2v) is 7.41. The molecule has 9 heteroatoms. The van der Waals surface area contributed by atoms with Crippen LogP contribution in [0.3, 0.4) is 0 Å². The summed E-state index contributed by atoms with van der Waals surface area (Å²) in [6, 6.07) is 6.87. The smallest absolute Gasteiger partial charge is 0.277 e. The van der Waals surface area contributed by atoms with E-state index in [4.69, 9.17) is 20.8 Å². The topological polar surface area (TPSA) is 91.1 Å². The number of oxazole rings is 1. The molecule has 1 aliphatic heterocycles. The first-order valence-electron chi connectivity index (χ1n) is 9.75. The van der Waals surface area contributed by atoms with Gasteiger partial charge < -0.3 is 19.6 Å². The SMILES string of the molecule is CCOC[C@H](O)CN1CCN(Cc2nc(C(=O)Nc3ccc(Cl)cc3)co2)CC1. The van der Waals surface area contributed by atoms with Crippen LogP contribution < -0.4 is 5.32 Å². The lowest BCUT2D eigenvalue weighted by molar-refractivity contribution is 0.00949. The highest BCUT2D eigenvalue weighted by Crippen LogP contribution is 2.15. The molecule has 8 nitrogen and oxygen atoms in total. The number of hydrogen-bond donors (Lipinski definition) is 2. The van der Waals surface area contributed by atoms with E-state index in [9.17, 15) is 9.90 Å². The third-order valence-corrected chi connectivity index (χ3v) is 4.95. The molecule has 0 radical (unpaired) electrons. The Morgan fingerprint density at radius 2 is 1.97 bits per heavy atom. The van der Waals surface area contributed by atoms with Gasteiger partial charge in [-0.25, -0.2) is 4.98 Å². The standard InChI is InChI=1S/C20H27ClN4O4/c1-2-28-13-17(26)11-24-7-9-25(10-8-24)12-19-23-18(14-29-19)20(27)22-16-5-3-15(21)4-6-16/h3-6,14,17,26H,2,7-13H2,1H3,(H,22,27)/t17-/m1/s1. The number of nitrogens with zero attached hydrogens (tertiary/aromatic N) is 3. The Morgan fingerprint density at radius 1 is 1.28 bits per heavy atom. The maximum Gasteiger partial charge on any atom is 0.277 e. The number of piperazine rings is 1. The minimum Gasteiger partial charge on any atom is -0.447 e. The summed E-state index contributed by atoms with van der Waals surface area (Å²) in [4.78, 5) is 21.1. The van der Waals surface area contributed by atoms with Gasteiger partial charge in [0.2, 0.25) is 5.89 Å². The van der Waals surface area contributed by atoms with Crippen molar-refractivity contribution in [1.29, 1.82) is 0 Å². The maximum atomic E-state index is 12.3. The van der Waals surface area contributed by atoms with Gasteiger partial charge in [0.1, 0.15) is 6.26 Å². The lowest BCUT2D eigenvalue weighted by Gasteiger charge is -2.34. The van der Waals surface area contributed by atoms with Crippen LogP contribution in [-0.4, -0.2) is 77.8 Å². The van der Waals surface area contributed by atoms with E-state index in [0.717, 1.165) is 26.2 Å². The highest BCUT2D eigenvalue weighted by Gasteiger charge is 2.21. The first-order chi connectivity index (χ1) is 14.0. The molecule has 0 unspecified atom stereocenters. The average Bonchev–Trinajstić information content (AvgIpc) is 3.18. The molecule has 29 heavy (non-hydrogen) atoms. The Kier molecular flexibility index (Phi) is 8.02. The average molecular weight is 423 g/mol. The number of ether oxygens (including phenoxy) is 1. The number of aliphatic hydroxyl groups is 1. The molecule has 1 aromatic heterocycles. The predicted octanol–water partition coefficient (Wildman–Crippen LogP) is 2.10. The van der Waals surface area contributed by atoms with Crippen molar-refractivity contribution in [1.82, 2.24) is 14.8 Å². The van der Waals surface area contributed by atoms with E-state index >= 15 is 0 Å². The predicted molar refractivity (Wildman–Crippen MR) is 110 cm³/mol. The Bertz CT molecular complexity index is 775. The molecule has 0 bridgehead atoms. The van der Waals surface area contributed by atoms with Crippen LogP contribution >= 0.6 is 11.6 Å². The number of carbonyl (C=O) groups is 1. The molecule has 1 aliphatic rings. The number of hydrogen-bond acceptors (Lipinski definition) is 7. The van der Waals surface area contributed by atoms with Gasteiger partial charge in [0, 0.05) is 50.0 Å². The molecule has 2 aromatic rings. The Balaban J connectivity index is 1.43. The number of halogens is 1. The van der Waals surface area contributed by atoms with Crippen molar-refractivity contribution in [3.8, 4) is 0 Å². The lowest BCUT2D eigenvalue weighted by Crippen LogP contribution is -2.48. The molecule has 2 N–H and O–H groups in total. The third kappa shape index (κ3) is 6.80. The van der Waals surface area contributed by atoms with E-state index in [1.807, 2.05) is 6.92 Å². The summed E-state index contributed by atoms with van der Waals surface area (Å²) in [7, 11) is 0. The van der Waals surface area contributed by atoms with Crippen molar-refractivity contribution in [3.05, 3.63) is 47.1 Å². The fraction of sp³-hybridized carbons (Fsp3) is 0.500. The van der Waals surface area contributed by atoms with Gasteiger partial charge in [-0.2, -0.15) is 0 Å². The molecule has 0 spiro atoms. The number of anilines is 1. The summed E-state index contributed by atoms with van der Waals surface area (Å²) < 4.78 is 10.7. The zero-order valence-electron chi connectivity index (χ0n) is 16.5. The number of carbonyl (C=O) groups excluding carboxylic acids is 1. The highest BCUT2D eigenvalue weighted by molar-refractivity contribution is 6.30. The van der Waals surface area contributed by atoms with Gasteiger partial charge in [-0.15, -0.1) is 0 Å². The monoisotopic (exact) mass is 422 g/mol. The van der Waals surface area contributed by atoms with E-state index in [-0.39, 0.29) is 11.6 Å². The summed E-state index contributed by atoms with van der Waals surface area (Å²) in [5.41, 5.74) is 0.888. The van der Waals surface area contributed by atoms with E-state index in [0.29, 0.717) is 42.9 Å². The minimum atomic E-state index is -0.463. The maximum absolute atomic E-state index is 12.3. The summed E-state index contributed by atoms with van der Waals surface area (Å²) >= 11 is 5.85. The molecule has 0 aliphatic carbocycles. The molecule has 1 amide bonds. The van der Waals surface area contributed by atoms with Crippen LogP contribution in [0.1, 0.15) is 23.3 Å². The first-order valence-corrected chi connectivity index (χ1v) is 10.1. The van der Waals surface area contributed by atoms with E-state index < -0.39 is 6.10 Å². The van der Waals surface area contributed by atoms with E-state index in [2.05, 4.69) is 20.1 Å². The van der Waals surface area contributed by atoms with Gasteiger partial charge >= 0.3 is 0 Å². The van der Waals surface area contributed by atoms with Gasteiger partial charge in [0.25, 0.3) is 5.91 Å². The quantitative estimate of drug-likeness (QED) is 0.639. The molecule has 1 atom stereocenters. The van der Waals surface area contributed by atoms with Gasteiger partial charge in [-0.1, -0.05) is 11.6 Å². The van der Waals surface area contributed by atoms with E-state index in [1.54, 1.807) is 24.3 Å². The molecule has 0 saturated carbocycles. The summed E-state index contributed by atoms with van der Waals surface area (Å²) in [6.07, 6.45) is 0.913. The molecule has 2 heterocycles. The summed E-state index contributed by atoms with van der Waals surface area (Å²) in [6.45, 7) is 7.45. The highest BCUT2D eigenvalue weighted by atomic mass is 35.5. The summed E-state index contributed by atoms with van der Waals surface area (Å²) in [5, 5.41) is 13.3. The van der Waals surface area contributed by atoms with E-state index in [1.165, 1.54) is 6.26 Å². The Hall–Kier alpha value is -1.97. The van der Waals surface area contributed by atoms with Gasteiger partial charge in [0.15, 0.2) is 5.69 Å². The number of amides is 1. The number of aliphatic hydroxyl groups excluding tert-OH is 1. The second kappa shape index (κ2) is 10.7. The van der Waals surface area contributed by atoms with Crippen LogP contribution in [0.25, 0.3) is 0 Å². The van der Waals surface area contributed by atoms with Crippen LogP contribution in [0.2, 0.25) is 5.02 Å². The largest absolute Gasteiger partial charge is 0.447 e. The molecular formula is C20H27ClN4O4. The number of β-amino-alcohol motifs (C(OH)–C–C–N with tert-alkyl or cyclic N) is 1. The molecule has 1 saturated heterocycles. The van der Waals surface area contributed by atoms with Crippen molar-refractivity contribution in [2.45, 2.75) is 19.6 Å². The normalized spacial score (nSPS) is 16.7. The van der Waals surface area contributed by atoms with Gasteiger partial charge in [-0.3, -0.25) is 14.6 Å². The number of rotatable bonds is 9. The number of benzene rings is 1. The van der Waals surface area contributed by atoms with Crippen molar-refractivity contribution < 1.29 is 19.1 Å². The van der Waals surface area contributed by atoms with Gasteiger partial charge in [-0.05, 0) is 31.2 Å². The van der Waals surface area contributed by atoms with Crippen LogP contribution in [0.5, 0.6) is 0 Å². The second-order valence-electron chi connectivity index (χ2n) is 6.98. The molecule has 1 aromatic carbocycles. The fourth-order valence-corrected chi connectivity index (χ4v) is 3.27. The van der Waals surface area contributed by atoms with Crippen LogP contribution in [0, 0.1) is 0 Å². The third-order valence-electron chi connectivity index (χ3n) is 4.69. The molecule has 1 fully saturated rings. The zero-order valence-corrected chi connectivity index (χ0v) is 17.3. The first kappa shape index (κ1) is 21.7. The Morgan fingerprint density at radius 3 is 2.66 bits per heavy atom. The lowest BCUT2D eigenvalue weighted by atomic mass is 10.2. The van der Waals surface area contributed by atoms with Crippen LogP contribution in [0.4, 0.5) is 5.69 Å². The van der Waals surface area contributed by atoms with Crippen molar-refractivity contribution >= 4 is 23.2 Å². The zero-order chi connectivity index (χ0) is 20.6. The molecule has 3 rings (SSSR count). The fourth-order valence-electron chi connectivity index (χ4n) is 3.14. The van der Waals surface area contributed by atoms with Gasteiger partial charge in [0.05, 0.1) is 19.3 Å². The van der Waals surface area contributed by atoms with Crippen LogP contribution in [-0.2, 0) is 11.3 Å².